The third-order valence-electron chi connectivity index (χ3n) is 3.66. The Morgan fingerprint density at radius 1 is 1.12 bits per heavy atom. The second-order valence-corrected chi connectivity index (χ2v) is 8.61. The van der Waals surface area contributed by atoms with Gasteiger partial charge in [-0.3, -0.25) is 4.99 Å². The fourth-order valence-electron chi connectivity index (χ4n) is 2.37. The molecule has 25 heavy (non-hydrogen) atoms. The third kappa shape index (κ3) is 5.86. The molecular formula is C18H22BrN3O2S. The molecule has 5 nitrogen and oxygen atoms in total. The van der Waals surface area contributed by atoms with Crippen LogP contribution < -0.4 is 5.32 Å². The zero-order valence-corrected chi connectivity index (χ0v) is 16.7. The Balaban J connectivity index is 1.91. The van der Waals surface area contributed by atoms with Gasteiger partial charge >= 0.3 is 0 Å². The van der Waals surface area contributed by atoms with E-state index >= 15 is 0 Å². The number of hydrogen-bond donors (Lipinski definition) is 1. The largest absolute Gasteiger partial charge is 0.355 e. The Morgan fingerprint density at radius 2 is 1.76 bits per heavy atom. The SMILES string of the molecule is CN=C(NCCS(=O)(=O)c1ccc(Br)cc1)N(C)Cc1ccccc1. The van der Waals surface area contributed by atoms with Gasteiger partial charge in [-0.05, 0) is 29.8 Å². The summed E-state index contributed by atoms with van der Waals surface area (Å²) in [6.45, 7) is 0.990. The van der Waals surface area contributed by atoms with Crippen LogP contribution in [0.25, 0.3) is 0 Å². The number of benzene rings is 2. The van der Waals surface area contributed by atoms with Crippen LogP contribution in [0.3, 0.4) is 0 Å². The van der Waals surface area contributed by atoms with Gasteiger partial charge in [0.1, 0.15) is 0 Å². The summed E-state index contributed by atoms with van der Waals surface area (Å²) in [7, 11) is 0.287. The van der Waals surface area contributed by atoms with Gasteiger partial charge < -0.3 is 10.2 Å². The lowest BCUT2D eigenvalue weighted by Crippen LogP contribution is -2.40. The van der Waals surface area contributed by atoms with Gasteiger partial charge in [0.2, 0.25) is 0 Å². The van der Waals surface area contributed by atoms with Gasteiger partial charge in [-0.2, -0.15) is 0 Å². The van der Waals surface area contributed by atoms with E-state index in [2.05, 4.69) is 26.2 Å². The van der Waals surface area contributed by atoms with E-state index in [9.17, 15) is 8.42 Å². The van der Waals surface area contributed by atoms with Gasteiger partial charge in [-0.1, -0.05) is 46.3 Å². The van der Waals surface area contributed by atoms with Crippen LogP contribution >= 0.6 is 15.9 Å². The monoisotopic (exact) mass is 423 g/mol. The van der Waals surface area contributed by atoms with E-state index in [1.54, 1.807) is 31.3 Å². The molecule has 2 aromatic rings. The minimum absolute atomic E-state index is 0.00678. The minimum Gasteiger partial charge on any atom is -0.355 e. The second-order valence-electron chi connectivity index (χ2n) is 5.59. The van der Waals surface area contributed by atoms with Crippen molar-refractivity contribution in [3.05, 3.63) is 64.6 Å². The van der Waals surface area contributed by atoms with Crippen molar-refractivity contribution < 1.29 is 8.42 Å². The first kappa shape index (κ1) is 19.5. The molecule has 0 amide bonds. The van der Waals surface area contributed by atoms with Crippen molar-refractivity contribution in [2.45, 2.75) is 11.4 Å². The van der Waals surface area contributed by atoms with Crippen LogP contribution in [0.4, 0.5) is 0 Å². The topological polar surface area (TPSA) is 61.8 Å². The molecule has 0 aliphatic carbocycles. The molecule has 134 valence electrons. The summed E-state index contributed by atoms with van der Waals surface area (Å²) in [4.78, 5) is 6.50. The Labute approximate surface area is 157 Å². The van der Waals surface area contributed by atoms with Gasteiger partial charge in [0.25, 0.3) is 0 Å². The maximum absolute atomic E-state index is 12.4. The summed E-state index contributed by atoms with van der Waals surface area (Å²) < 4.78 is 25.6. The Morgan fingerprint density at radius 3 is 2.36 bits per heavy atom. The highest BCUT2D eigenvalue weighted by Gasteiger charge is 2.15. The molecule has 0 aliphatic heterocycles. The lowest BCUT2D eigenvalue weighted by Gasteiger charge is -2.22. The van der Waals surface area contributed by atoms with Gasteiger partial charge in [-0.25, -0.2) is 8.42 Å². The first-order chi connectivity index (χ1) is 11.9. The Hall–Kier alpha value is -1.86. The zero-order chi connectivity index (χ0) is 18.3. The van der Waals surface area contributed by atoms with Crippen molar-refractivity contribution in [1.29, 1.82) is 0 Å². The molecule has 1 N–H and O–H groups in total. The summed E-state index contributed by atoms with van der Waals surface area (Å²) in [5.41, 5.74) is 1.16. The number of halogens is 1. The number of aliphatic imine (C=N–C) groups is 1. The van der Waals surface area contributed by atoms with Crippen molar-refractivity contribution in [2.75, 3.05) is 26.4 Å². The molecule has 0 unspecified atom stereocenters. The second kappa shape index (κ2) is 9.01. The summed E-state index contributed by atoms with van der Waals surface area (Å²) in [6.07, 6.45) is 0. The summed E-state index contributed by atoms with van der Waals surface area (Å²) >= 11 is 3.31. The highest BCUT2D eigenvalue weighted by Crippen LogP contribution is 2.15. The highest BCUT2D eigenvalue weighted by atomic mass is 79.9. The first-order valence-electron chi connectivity index (χ1n) is 7.86. The van der Waals surface area contributed by atoms with Gasteiger partial charge in [0.15, 0.2) is 15.8 Å². The third-order valence-corrected chi connectivity index (χ3v) is 5.92. The molecular weight excluding hydrogens is 402 g/mol. The fourth-order valence-corrected chi connectivity index (χ4v) is 3.80. The van der Waals surface area contributed by atoms with Crippen molar-refractivity contribution in [3.8, 4) is 0 Å². The standard InChI is InChI=1S/C18H22BrN3O2S/c1-20-18(22(2)14-15-6-4-3-5-7-15)21-12-13-25(23,24)17-10-8-16(19)9-11-17/h3-11H,12-14H2,1-2H3,(H,20,21). The van der Waals surface area contributed by atoms with E-state index in [1.165, 1.54) is 0 Å². The molecule has 0 bridgehead atoms. The van der Waals surface area contributed by atoms with Crippen LogP contribution in [-0.4, -0.2) is 45.7 Å². The van der Waals surface area contributed by atoms with Crippen LogP contribution in [0.5, 0.6) is 0 Å². The lowest BCUT2D eigenvalue weighted by atomic mass is 10.2. The van der Waals surface area contributed by atoms with E-state index in [-0.39, 0.29) is 5.75 Å². The van der Waals surface area contributed by atoms with Gasteiger partial charge in [0.05, 0.1) is 10.6 Å². The number of sulfone groups is 1. The maximum atomic E-state index is 12.4. The summed E-state index contributed by atoms with van der Waals surface area (Å²) in [6, 6.07) is 16.7. The van der Waals surface area contributed by atoms with E-state index in [4.69, 9.17) is 0 Å². The molecule has 0 radical (unpaired) electrons. The Bertz CT molecular complexity index is 806. The number of nitrogens with zero attached hydrogens (tertiary/aromatic N) is 2. The fraction of sp³-hybridized carbons (Fsp3) is 0.278. The van der Waals surface area contributed by atoms with Crippen molar-refractivity contribution in [3.63, 3.8) is 0 Å². The molecule has 0 atom stereocenters. The molecule has 0 aromatic heterocycles. The zero-order valence-electron chi connectivity index (χ0n) is 14.3. The average Bonchev–Trinajstić information content (AvgIpc) is 2.60. The minimum atomic E-state index is -3.32. The lowest BCUT2D eigenvalue weighted by molar-refractivity contribution is 0.478. The maximum Gasteiger partial charge on any atom is 0.193 e. The van der Waals surface area contributed by atoms with Crippen LogP contribution in [0, 0.1) is 0 Å². The summed E-state index contributed by atoms with van der Waals surface area (Å²) in [5.74, 6) is 0.669. The average molecular weight is 424 g/mol. The van der Waals surface area contributed by atoms with E-state index in [0.717, 1.165) is 10.0 Å². The number of rotatable bonds is 6. The van der Waals surface area contributed by atoms with Crippen LogP contribution in [-0.2, 0) is 16.4 Å². The number of guanidine groups is 1. The van der Waals surface area contributed by atoms with Crippen molar-refractivity contribution >= 4 is 31.7 Å². The number of nitrogens with one attached hydrogen (secondary N) is 1. The molecule has 0 saturated carbocycles. The van der Waals surface area contributed by atoms with Crippen LogP contribution in [0.1, 0.15) is 5.56 Å². The van der Waals surface area contributed by atoms with E-state index in [1.807, 2.05) is 42.3 Å². The van der Waals surface area contributed by atoms with Gasteiger partial charge in [0, 0.05) is 31.7 Å². The summed E-state index contributed by atoms with van der Waals surface area (Å²) in [5, 5.41) is 3.11. The molecule has 0 fully saturated rings. The van der Waals surface area contributed by atoms with E-state index < -0.39 is 9.84 Å². The molecule has 0 aliphatic rings. The smallest absolute Gasteiger partial charge is 0.193 e. The normalized spacial score (nSPS) is 12.0. The quantitative estimate of drug-likeness (QED) is 0.572. The Kier molecular flexibility index (Phi) is 7.01. The van der Waals surface area contributed by atoms with Gasteiger partial charge in [-0.15, -0.1) is 0 Å². The van der Waals surface area contributed by atoms with E-state index in [0.29, 0.717) is 23.9 Å². The van der Waals surface area contributed by atoms with Crippen molar-refractivity contribution in [1.82, 2.24) is 10.2 Å². The predicted molar refractivity (Wildman–Crippen MR) is 105 cm³/mol. The predicted octanol–water partition coefficient (Wildman–Crippen LogP) is 2.93. The van der Waals surface area contributed by atoms with Crippen LogP contribution in [0.15, 0.2) is 69.0 Å². The highest BCUT2D eigenvalue weighted by molar-refractivity contribution is 9.10. The molecule has 0 spiro atoms. The molecule has 0 saturated heterocycles. The molecule has 7 heteroatoms. The number of hydrogen-bond acceptors (Lipinski definition) is 3. The molecule has 2 rings (SSSR count). The molecule has 0 heterocycles. The first-order valence-corrected chi connectivity index (χ1v) is 10.3. The molecule has 2 aromatic carbocycles. The van der Waals surface area contributed by atoms with Crippen LogP contribution in [0.2, 0.25) is 0 Å². The van der Waals surface area contributed by atoms with Crippen molar-refractivity contribution in [2.24, 2.45) is 4.99 Å².